The van der Waals surface area contributed by atoms with Crippen LogP contribution in [-0.4, -0.2) is 43.2 Å². The van der Waals surface area contributed by atoms with E-state index in [0.29, 0.717) is 4.88 Å². The Bertz CT molecular complexity index is 1240. The van der Waals surface area contributed by atoms with Crippen molar-refractivity contribution in [1.29, 1.82) is 0 Å². The van der Waals surface area contributed by atoms with Gasteiger partial charge in [0.15, 0.2) is 0 Å². The van der Waals surface area contributed by atoms with Crippen LogP contribution < -0.4 is 4.90 Å². The van der Waals surface area contributed by atoms with Crippen molar-refractivity contribution >= 4 is 22.9 Å². The van der Waals surface area contributed by atoms with Crippen LogP contribution >= 0.6 is 11.3 Å². The minimum atomic E-state index is -3.69. The van der Waals surface area contributed by atoms with Crippen molar-refractivity contribution in [3.8, 4) is 0 Å². The van der Waals surface area contributed by atoms with Crippen LogP contribution in [0.25, 0.3) is 0 Å². The van der Waals surface area contributed by atoms with Gasteiger partial charge in [0.1, 0.15) is 5.72 Å². The number of thiophene rings is 1. The number of carbonyl (C=O) groups excluding carboxylic acids is 1. The highest BCUT2D eigenvalue weighted by atomic mass is 32.1. The highest BCUT2D eigenvalue weighted by Gasteiger charge is 2.42. The normalized spacial score (nSPS) is 27.6. The van der Waals surface area contributed by atoms with Gasteiger partial charge in [0.25, 0.3) is 0 Å². The second-order valence-electron chi connectivity index (χ2n) is 5.72. The van der Waals surface area contributed by atoms with E-state index in [1.807, 2.05) is 0 Å². The smallest absolute Gasteiger partial charge is 0.229 e. The molecule has 0 atom stereocenters. The SMILES string of the molecule is [2H]c1c([2H])c([2H])c(N(C(=O)C([2H])([2H])C([2H])([2H])[2H])C2(OC([2H])([2H])[2H])CCN(CC([2H])([2H])c3cccs3)CC2)c([2H])c1[2H]. The van der Waals surface area contributed by atoms with Gasteiger partial charge in [-0.3, -0.25) is 9.69 Å². The van der Waals surface area contributed by atoms with Crippen LogP contribution in [0.5, 0.6) is 0 Å². The Balaban J connectivity index is 2.19. The monoisotopic (exact) mass is 387 g/mol. The molecule has 1 aromatic heterocycles. The molecule has 0 bridgehead atoms. The minimum Gasteiger partial charge on any atom is -0.358 e. The number of likely N-dealkylation sites (tertiary alicyclic amines) is 1. The quantitative estimate of drug-likeness (QED) is 0.669. The molecule has 140 valence electrons. The first-order chi connectivity index (χ1) is 18.6. The van der Waals surface area contributed by atoms with Gasteiger partial charge in [-0.25, -0.2) is 0 Å². The van der Waals surface area contributed by atoms with Gasteiger partial charge in [-0.05, 0) is 29.9 Å². The number of amides is 1. The summed E-state index contributed by atoms with van der Waals surface area (Å²) in [6, 6.07) is -1.35. The lowest BCUT2D eigenvalue weighted by atomic mass is 9.96. The molecule has 1 saturated heterocycles. The van der Waals surface area contributed by atoms with E-state index in [1.165, 1.54) is 11.3 Å². The van der Waals surface area contributed by atoms with Gasteiger partial charge >= 0.3 is 0 Å². The van der Waals surface area contributed by atoms with Crippen molar-refractivity contribution < 1.29 is 30.1 Å². The second kappa shape index (κ2) is 8.80. The molecular weight excluding hydrogens is 344 g/mol. The zero-order valence-corrected chi connectivity index (χ0v) is 14.7. The summed E-state index contributed by atoms with van der Waals surface area (Å²) in [4.78, 5) is 16.1. The molecule has 0 N–H and O–H groups in total. The molecule has 3 rings (SSSR count). The summed E-state index contributed by atoms with van der Waals surface area (Å²) >= 11 is 1.20. The Hall–Kier alpha value is -1.69. The van der Waals surface area contributed by atoms with Crippen molar-refractivity contribution in [3.05, 3.63) is 52.6 Å². The number of ether oxygens (including phenoxy) is 1. The fourth-order valence-electron chi connectivity index (χ4n) is 2.90. The first-order valence-electron chi connectivity index (χ1n) is 15.4. The number of benzene rings is 1. The predicted molar refractivity (Wildman–Crippen MR) is 108 cm³/mol. The van der Waals surface area contributed by atoms with E-state index in [0.717, 1.165) is 0 Å². The van der Waals surface area contributed by atoms with E-state index < -0.39 is 87.0 Å². The zero-order chi connectivity index (χ0) is 31.3. The van der Waals surface area contributed by atoms with Crippen molar-refractivity contribution in [1.82, 2.24) is 4.90 Å². The number of nitrogens with zero attached hydrogens (tertiary/aromatic N) is 2. The number of anilines is 1. The van der Waals surface area contributed by atoms with Crippen molar-refractivity contribution in [2.75, 3.05) is 31.6 Å². The topological polar surface area (TPSA) is 32.8 Å². The summed E-state index contributed by atoms with van der Waals surface area (Å²) < 4.78 is 126. The van der Waals surface area contributed by atoms with Crippen LogP contribution in [0.1, 0.15) is 51.5 Å². The van der Waals surface area contributed by atoms with Gasteiger partial charge in [-0.1, -0.05) is 31.0 Å². The lowest BCUT2D eigenvalue weighted by Crippen LogP contribution is -2.59. The third-order valence-corrected chi connectivity index (χ3v) is 5.08. The van der Waals surface area contributed by atoms with E-state index in [2.05, 4.69) is 0 Å². The standard InChI is InChI=1S/C21H28N2O2S/c1-3-20(24)23(18-8-5-4-6-9-18)21(25-2)12-15-22(16-13-21)14-11-19-10-7-17-26-19/h4-10,17H,3,11-16H2,1-2H3/i1D3,2D3,3D2,4D,5D,6D,8D,9D,11D2. The molecule has 1 aliphatic heterocycles. The number of para-hydroxylation sites is 1. The maximum absolute atomic E-state index is 13.8. The van der Waals surface area contributed by atoms with Crippen LogP contribution in [0.3, 0.4) is 0 Å². The fourth-order valence-corrected chi connectivity index (χ4v) is 3.51. The molecule has 2 aromatic rings. The van der Waals surface area contributed by atoms with E-state index in [1.54, 1.807) is 22.4 Å². The molecule has 1 aliphatic rings. The Morgan fingerprint density at radius 3 is 2.88 bits per heavy atom. The molecule has 1 aromatic carbocycles. The van der Waals surface area contributed by atoms with E-state index >= 15 is 0 Å². The fraction of sp³-hybridized carbons (Fsp3) is 0.476. The van der Waals surface area contributed by atoms with Crippen molar-refractivity contribution in [2.24, 2.45) is 0 Å². The molecule has 4 nitrogen and oxygen atoms in total. The minimum absolute atomic E-state index is 0.125. The molecule has 0 saturated carbocycles. The number of rotatable bonds is 7. The predicted octanol–water partition coefficient (Wildman–Crippen LogP) is 4.17. The number of hydrogen-bond acceptors (Lipinski definition) is 4. The average Bonchev–Trinajstić information content (AvgIpc) is 3.40. The highest BCUT2D eigenvalue weighted by molar-refractivity contribution is 7.09. The van der Waals surface area contributed by atoms with Gasteiger partial charge in [-0.2, -0.15) is 0 Å². The number of piperidine rings is 1. The molecular formula is C21H28N2O2S. The van der Waals surface area contributed by atoms with Gasteiger partial charge in [0, 0.05) is 66.0 Å². The number of hydrogen-bond donors (Lipinski definition) is 0. The van der Waals surface area contributed by atoms with Crippen molar-refractivity contribution in [2.45, 2.75) is 38.2 Å². The van der Waals surface area contributed by atoms with Gasteiger partial charge in [0.2, 0.25) is 5.91 Å². The lowest BCUT2D eigenvalue weighted by molar-refractivity contribution is -0.128. The molecule has 0 radical (unpaired) electrons. The molecule has 2 heterocycles. The van der Waals surface area contributed by atoms with Crippen LogP contribution in [0.2, 0.25) is 0 Å². The first-order valence-corrected chi connectivity index (χ1v) is 8.82. The van der Waals surface area contributed by atoms with Crippen LogP contribution in [0.4, 0.5) is 5.69 Å². The summed E-state index contributed by atoms with van der Waals surface area (Å²) in [5.74, 6) is -1.87. The van der Waals surface area contributed by atoms with E-state index in [4.69, 9.17) is 25.3 Å². The number of methoxy groups -OCH3 is 1. The van der Waals surface area contributed by atoms with Crippen LogP contribution in [0, 0.1) is 0 Å². The van der Waals surface area contributed by atoms with Gasteiger partial charge in [-0.15, -0.1) is 11.3 Å². The maximum Gasteiger partial charge on any atom is 0.229 e. The third-order valence-electron chi connectivity index (χ3n) is 4.25. The first kappa shape index (κ1) is 7.74. The Morgan fingerprint density at radius 2 is 2.23 bits per heavy atom. The van der Waals surface area contributed by atoms with Crippen molar-refractivity contribution in [3.63, 3.8) is 0 Å². The summed E-state index contributed by atoms with van der Waals surface area (Å²) in [6.07, 6.45) is -6.39. The largest absolute Gasteiger partial charge is 0.358 e. The van der Waals surface area contributed by atoms with Crippen LogP contribution in [0.15, 0.2) is 47.7 Å². The van der Waals surface area contributed by atoms with Gasteiger partial charge in [0.05, 0.1) is 11.0 Å². The zero-order valence-electron chi connectivity index (χ0n) is 28.9. The summed E-state index contributed by atoms with van der Waals surface area (Å²) in [6.45, 7) is -3.98. The third kappa shape index (κ3) is 4.17. The number of carbonyl (C=O) groups is 1. The molecule has 1 amide bonds. The maximum atomic E-state index is 13.8. The molecule has 1 fully saturated rings. The molecule has 26 heavy (non-hydrogen) atoms. The summed E-state index contributed by atoms with van der Waals surface area (Å²) in [5.41, 5.74) is -3.32. The summed E-state index contributed by atoms with van der Waals surface area (Å²) in [5, 5.41) is 1.71. The molecule has 5 heteroatoms. The molecule has 0 spiro atoms. The molecule has 0 unspecified atom stereocenters. The Morgan fingerprint density at radius 1 is 1.42 bits per heavy atom. The lowest BCUT2D eigenvalue weighted by Gasteiger charge is -2.47. The Labute approximate surface area is 181 Å². The second-order valence-corrected chi connectivity index (χ2v) is 6.67. The summed E-state index contributed by atoms with van der Waals surface area (Å²) in [7, 11) is -3.26. The average molecular weight is 388 g/mol. The van der Waals surface area contributed by atoms with Crippen LogP contribution in [-0.2, 0) is 15.9 Å². The Kier molecular flexibility index (Phi) is 2.62. The van der Waals surface area contributed by atoms with E-state index in [-0.39, 0.29) is 24.5 Å². The molecule has 0 aliphatic carbocycles. The van der Waals surface area contributed by atoms with E-state index in [9.17, 15) is 4.79 Å². The van der Waals surface area contributed by atoms with Gasteiger partial charge < -0.3 is 9.64 Å². The highest BCUT2D eigenvalue weighted by Crippen LogP contribution is 2.34.